The third-order valence-electron chi connectivity index (χ3n) is 5.08. The number of aromatic amines is 1. The van der Waals surface area contributed by atoms with Crippen LogP contribution >= 0.6 is 0 Å². The topological polar surface area (TPSA) is 66.5 Å². The molecule has 1 aliphatic rings. The Morgan fingerprint density at radius 1 is 0.929 bits per heavy atom. The highest BCUT2D eigenvalue weighted by atomic mass is 15.1. The fourth-order valence-corrected chi connectivity index (χ4v) is 3.92. The summed E-state index contributed by atoms with van der Waals surface area (Å²) >= 11 is 0. The summed E-state index contributed by atoms with van der Waals surface area (Å²) in [6.45, 7) is 4.15. The molecular formula is C23H21N5. The maximum Gasteiger partial charge on any atom is 0.223 e. The Hall–Kier alpha value is -3.47. The zero-order valence-electron chi connectivity index (χ0n) is 15.9. The Morgan fingerprint density at radius 2 is 1.75 bits per heavy atom. The third-order valence-corrected chi connectivity index (χ3v) is 5.08. The van der Waals surface area contributed by atoms with Crippen LogP contribution in [0.3, 0.4) is 0 Å². The molecule has 0 saturated heterocycles. The number of rotatable bonds is 4. The number of nitrogens with one attached hydrogen (secondary N) is 2. The number of fused-ring (bicyclic) bond motifs is 3. The number of nitrogens with zero attached hydrogens (tertiary/aromatic N) is 3. The number of benzene rings is 2. The summed E-state index contributed by atoms with van der Waals surface area (Å²) < 4.78 is 0. The highest BCUT2D eigenvalue weighted by Crippen LogP contribution is 2.44. The minimum absolute atomic E-state index is 0.271. The number of anilines is 1. The van der Waals surface area contributed by atoms with Crippen molar-refractivity contribution in [3.63, 3.8) is 0 Å². The standard InChI is InChI=1S/C23H21N5/c1-14(2)26-23-24-11-10-20(27-23)19-13-25-28-22(19)18-9-5-7-16-12-15-6-3-4-8-17(15)21(16)18/h3-11,13-14H,12H2,1-2H3,(H,25,28)(H,24,26,27). The zero-order chi connectivity index (χ0) is 19.1. The molecule has 0 amide bonds. The van der Waals surface area contributed by atoms with Crippen LogP contribution in [0.25, 0.3) is 33.6 Å². The summed E-state index contributed by atoms with van der Waals surface area (Å²) in [5, 5.41) is 10.8. The first-order valence-corrected chi connectivity index (χ1v) is 9.54. The molecule has 0 atom stereocenters. The minimum Gasteiger partial charge on any atom is -0.352 e. The van der Waals surface area contributed by atoms with Crippen LogP contribution in [0.4, 0.5) is 5.95 Å². The van der Waals surface area contributed by atoms with E-state index in [4.69, 9.17) is 4.98 Å². The van der Waals surface area contributed by atoms with E-state index >= 15 is 0 Å². The lowest BCUT2D eigenvalue weighted by molar-refractivity contribution is 0.875. The molecule has 5 nitrogen and oxygen atoms in total. The summed E-state index contributed by atoms with van der Waals surface area (Å²) in [4.78, 5) is 9.02. The predicted octanol–water partition coefficient (Wildman–Crippen LogP) is 4.93. The summed E-state index contributed by atoms with van der Waals surface area (Å²) in [6, 6.07) is 17.3. The van der Waals surface area contributed by atoms with Crippen molar-refractivity contribution in [1.29, 1.82) is 0 Å². The van der Waals surface area contributed by atoms with Crippen LogP contribution in [0.5, 0.6) is 0 Å². The third kappa shape index (κ3) is 2.76. The molecule has 0 radical (unpaired) electrons. The van der Waals surface area contributed by atoms with Crippen LogP contribution in [0.2, 0.25) is 0 Å². The molecule has 2 N–H and O–H groups in total. The number of hydrogen-bond donors (Lipinski definition) is 2. The lowest BCUT2D eigenvalue weighted by Crippen LogP contribution is -2.12. The van der Waals surface area contributed by atoms with Crippen LogP contribution in [0.1, 0.15) is 25.0 Å². The SMILES string of the molecule is CC(C)Nc1nccc(-c2cn[nH]c2-c2cccc3c2-c2ccccc2C3)n1. The second-order valence-corrected chi connectivity index (χ2v) is 7.40. The van der Waals surface area contributed by atoms with E-state index in [0.29, 0.717) is 5.95 Å². The molecule has 2 aromatic heterocycles. The lowest BCUT2D eigenvalue weighted by atomic mass is 9.95. The van der Waals surface area contributed by atoms with Gasteiger partial charge in [-0.25, -0.2) is 9.97 Å². The Kier molecular flexibility index (Phi) is 3.93. The van der Waals surface area contributed by atoms with Gasteiger partial charge in [-0.05, 0) is 48.6 Å². The van der Waals surface area contributed by atoms with Gasteiger partial charge in [0.25, 0.3) is 0 Å². The van der Waals surface area contributed by atoms with Gasteiger partial charge in [0.05, 0.1) is 17.6 Å². The largest absolute Gasteiger partial charge is 0.352 e. The molecule has 28 heavy (non-hydrogen) atoms. The molecule has 0 unspecified atom stereocenters. The van der Waals surface area contributed by atoms with Gasteiger partial charge in [0.2, 0.25) is 5.95 Å². The van der Waals surface area contributed by atoms with Gasteiger partial charge in [-0.15, -0.1) is 0 Å². The van der Waals surface area contributed by atoms with Gasteiger partial charge >= 0.3 is 0 Å². The molecule has 0 bridgehead atoms. The van der Waals surface area contributed by atoms with E-state index in [1.54, 1.807) is 6.20 Å². The first kappa shape index (κ1) is 16.7. The molecule has 5 rings (SSSR count). The van der Waals surface area contributed by atoms with Gasteiger partial charge in [0.15, 0.2) is 0 Å². The van der Waals surface area contributed by atoms with Gasteiger partial charge < -0.3 is 5.32 Å². The quantitative estimate of drug-likeness (QED) is 0.473. The lowest BCUT2D eigenvalue weighted by Gasteiger charge is -2.11. The van der Waals surface area contributed by atoms with E-state index in [0.717, 1.165) is 28.9 Å². The number of hydrogen-bond acceptors (Lipinski definition) is 4. The zero-order valence-corrected chi connectivity index (χ0v) is 15.9. The Balaban J connectivity index is 1.64. The first-order valence-electron chi connectivity index (χ1n) is 9.54. The fourth-order valence-electron chi connectivity index (χ4n) is 3.92. The Labute approximate surface area is 163 Å². The maximum absolute atomic E-state index is 4.70. The molecule has 0 fully saturated rings. The van der Waals surface area contributed by atoms with Crippen LogP contribution in [0.15, 0.2) is 60.9 Å². The fraction of sp³-hybridized carbons (Fsp3) is 0.174. The molecule has 0 aliphatic heterocycles. The minimum atomic E-state index is 0.271. The Bertz CT molecular complexity index is 1160. The van der Waals surface area contributed by atoms with E-state index < -0.39 is 0 Å². The van der Waals surface area contributed by atoms with Crippen molar-refractivity contribution in [2.45, 2.75) is 26.3 Å². The van der Waals surface area contributed by atoms with Crippen LogP contribution in [-0.2, 0) is 6.42 Å². The van der Waals surface area contributed by atoms with Crippen molar-refractivity contribution < 1.29 is 0 Å². The summed E-state index contributed by atoms with van der Waals surface area (Å²) in [7, 11) is 0. The molecule has 2 heterocycles. The van der Waals surface area contributed by atoms with Crippen molar-refractivity contribution in [3.8, 4) is 33.6 Å². The van der Waals surface area contributed by atoms with Gasteiger partial charge in [-0.1, -0.05) is 42.5 Å². The second kappa shape index (κ2) is 6.60. The Morgan fingerprint density at radius 3 is 2.64 bits per heavy atom. The van der Waals surface area contributed by atoms with E-state index in [9.17, 15) is 0 Å². The van der Waals surface area contributed by atoms with E-state index in [1.807, 2.05) is 12.3 Å². The summed E-state index contributed by atoms with van der Waals surface area (Å²) in [5.74, 6) is 0.628. The molecule has 4 aromatic rings. The van der Waals surface area contributed by atoms with E-state index in [2.05, 4.69) is 76.8 Å². The number of aromatic nitrogens is 4. The van der Waals surface area contributed by atoms with Crippen LogP contribution < -0.4 is 5.32 Å². The normalized spacial score (nSPS) is 12.1. The van der Waals surface area contributed by atoms with Crippen molar-refractivity contribution in [2.24, 2.45) is 0 Å². The highest BCUT2D eigenvalue weighted by Gasteiger charge is 2.23. The molecular weight excluding hydrogens is 346 g/mol. The van der Waals surface area contributed by atoms with Crippen LogP contribution in [-0.4, -0.2) is 26.2 Å². The van der Waals surface area contributed by atoms with Gasteiger partial charge in [0.1, 0.15) is 0 Å². The molecule has 0 spiro atoms. The van der Waals surface area contributed by atoms with Crippen molar-refractivity contribution in [1.82, 2.24) is 20.2 Å². The van der Waals surface area contributed by atoms with Crippen molar-refractivity contribution in [3.05, 3.63) is 72.1 Å². The first-order chi connectivity index (χ1) is 13.7. The van der Waals surface area contributed by atoms with Crippen LogP contribution in [0, 0.1) is 0 Å². The number of H-pyrrole nitrogens is 1. The molecule has 1 aliphatic carbocycles. The monoisotopic (exact) mass is 367 g/mol. The highest BCUT2D eigenvalue weighted by molar-refractivity contribution is 5.93. The average molecular weight is 367 g/mol. The van der Waals surface area contributed by atoms with Gasteiger partial charge in [-0.3, -0.25) is 5.10 Å². The predicted molar refractivity (Wildman–Crippen MR) is 112 cm³/mol. The molecule has 2 aromatic carbocycles. The summed E-state index contributed by atoms with van der Waals surface area (Å²) in [5.41, 5.74) is 9.30. The average Bonchev–Trinajstić information content (AvgIpc) is 3.32. The van der Waals surface area contributed by atoms with Gasteiger partial charge in [0, 0.05) is 23.4 Å². The van der Waals surface area contributed by atoms with Gasteiger partial charge in [-0.2, -0.15) is 5.10 Å². The van der Waals surface area contributed by atoms with Crippen molar-refractivity contribution in [2.75, 3.05) is 5.32 Å². The smallest absolute Gasteiger partial charge is 0.223 e. The van der Waals surface area contributed by atoms with Crippen molar-refractivity contribution >= 4 is 5.95 Å². The molecule has 0 saturated carbocycles. The van der Waals surface area contributed by atoms with E-state index in [1.165, 1.54) is 22.3 Å². The second-order valence-electron chi connectivity index (χ2n) is 7.40. The molecule has 138 valence electrons. The summed E-state index contributed by atoms with van der Waals surface area (Å²) in [6.07, 6.45) is 4.60. The maximum atomic E-state index is 4.70. The van der Waals surface area contributed by atoms with E-state index in [-0.39, 0.29) is 6.04 Å². The molecule has 5 heteroatoms.